The van der Waals surface area contributed by atoms with Gasteiger partial charge in [-0.25, -0.2) is 5.48 Å². The molecule has 0 saturated carbocycles. The van der Waals surface area contributed by atoms with Gasteiger partial charge in [0.05, 0.1) is 0 Å². The van der Waals surface area contributed by atoms with Crippen molar-refractivity contribution in [3.05, 3.63) is 0 Å². The summed E-state index contributed by atoms with van der Waals surface area (Å²) >= 11 is 0. The standard InChI is InChI=1S/C7H18N2O/c1-6(2)7(9(4)5)10-8-3/h6-8H,1-5H3/t7-/m1/s1. The summed E-state index contributed by atoms with van der Waals surface area (Å²) in [6, 6.07) is 0. The molecule has 0 bridgehead atoms. The molecule has 1 atom stereocenters. The highest BCUT2D eigenvalue weighted by molar-refractivity contribution is 4.56. The lowest BCUT2D eigenvalue weighted by Crippen LogP contribution is -2.38. The molecule has 0 radical (unpaired) electrons. The first-order valence-electron chi connectivity index (χ1n) is 3.58. The highest BCUT2D eigenvalue weighted by atomic mass is 16.7. The van der Waals surface area contributed by atoms with E-state index in [1.807, 2.05) is 19.0 Å². The molecule has 0 aromatic heterocycles. The second-order valence-corrected chi connectivity index (χ2v) is 2.92. The van der Waals surface area contributed by atoms with E-state index < -0.39 is 0 Å². The summed E-state index contributed by atoms with van der Waals surface area (Å²) in [7, 11) is 5.78. The number of hydrogen-bond donors (Lipinski definition) is 1. The molecule has 0 heterocycles. The van der Waals surface area contributed by atoms with Crippen molar-refractivity contribution in [3.63, 3.8) is 0 Å². The molecule has 1 N–H and O–H groups in total. The molecule has 0 aromatic carbocycles. The monoisotopic (exact) mass is 146 g/mol. The van der Waals surface area contributed by atoms with E-state index in [1.54, 1.807) is 7.05 Å². The van der Waals surface area contributed by atoms with Gasteiger partial charge in [0, 0.05) is 7.05 Å². The average molecular weight is 146 g/mol. The fraction of sp³-hybridized carbons (Fsp3) is 1.00. The zero-order valence-corrected chi connectivity index (χ0v) is 7.51. The van der Waals surface area contributed by atoms with Crippen LogP contribution in [0.5, 0.6) is 0 Å². The third-order valence-corrected chi connectivity index (χ3v) is 1.32. The molecule has 0 aliphatic carbocycles. The Labute approximate surface area is 63.3 Å². The Hall–Kier alpha value is -0.120. The van der Waals surface area contributed by atoms with Crippen LogP contribution >= 0.6 is 0 Å². The van der Waals surface area contributed by atoms with Crippen LogP contribution in [0.25, 0.3) is 0 Å². The van der Waals surface area contributed by atoms with E-state index in [9.17, 15) is 0 Å². The lowest BCUT2D eigenvalue weighted by molar-refractivity contribution is -0.108. The molecule has 0 saturated heterocycles. The van der Waals surface area contributed by atoms with Gasteiger partial charge in [0.15, 0.2) is 0 Å². The summed E-state index contributed by atoms with van der Waals surface area (Å²) < 4.78 is 0. The van der Waals surface area contributed by atoms with Crippen molar-refractivity contribution >= 4 is 0 Å². The lowest BCUT2D eigenvalue weighted by atomic mass is 10.2. The van der Waals surface area contributed by atoms with E-state index in [0.717, 1.165) is 0 Å². The van der Waals surface area contributed by atoms with Gasteiger partial charge < -0.3 is 0 Å². The number of hydroxylamine groups is 1. The first-order chi connectivity index (χ1) is 4.59. The SMILES string of the molecule is CNO[C@H](C(C)C)N(C)C. The van der Waals surface area contributed by atoms with E-state index in [4.69, 9.17) is 4.84 Å². The minimum absolute atomic E-state index is 0.157. The van der Waals surface area contributed by atoms with Crippen LogP contribution in [0.3, 0.4) is 0 Å². The van der Waals surface area contributed by atoms with Crippen LogP contribution in [0, 0.1) is 5.92 Å². The van der Waals surface area contributed by atoms with Crippen molar-refractivity contribution in [3.8, 4) is 0 Å². The molecule has 0 fully saturated rings. The molecule has 0 unspecified atom stereocenters. The second kappa shape index (κ2) is 4.66. The molecule has 0 rings (SSSR count). The quantitative estimate of drug-likeness (QED) is 0.466. The van der Waals surface area contributed by atoms with Crippen LogP contribution in [-0.4, -0.2) is 32.3 Å². The van der Waals surface area contributed by atoms with Crippen LogP contribution in [-0.2, 0) is 4.84 Å². The molecular weight excluding hydrogens is 128 g/mol. The lowest BCUT2D eigenvalue weighted by Gasteiger charge is -2.26. The zero-order valence-electron chi connectivity index (χ0n) is 7.51. The molecule has 0 aliphatic rings. The van der Waals surface area contributed by atoms with Gasteiger partial charge >= 0.3 is 0 Å². The van der Waals surface area contributed by atoms with Crippen LogP contribution in [0.4, 0.5) is 0 Å². The Morgan fingerprint density at radius 2 is 1.80 bits per heavy atom. The minimum Gasteiger partial charge on any atom is -0.283 e. The van der Waals surface area contributed by atoms with E-state index in [0.29, 0.717) is 5.92 Å². The van der Waals surface area contributed by atoms with Crippen molar-refractivity contribution in [2.24, 2.45) is 5.92 Å². The molecule has 3 heteroatoms. The molecule has 3 nitrogen and oxygen atoms in total. The third kappa shape index (κ3) is 3.15. The largest absolute Gasteiger partial charge is 0.283 e. The number of hydrogen-bond acceptors (Lipinski definition) is 3. The van der Waals surface area contributed by atoms with Crippen LogP contribution in [0.15, 0.2) is 0 Å². The predicted molar refractivity (Wildman–Crippen MR) is 42.5 cm³/mol. The first kappa shape index (κ1) is 9.88. The number of rotatable bonds is 4. The van der Waals surface area contributed by atoms with E-state index in [2.05, 4.69) is 19.3 Å². The van der Waals surface area contributed by atoms with Gasteiger partial charge in [0.1, 0.15) is 6.23 Å². The Morgan fingerprint density at radius 1 is 1.30 bits per heavy atom. The molecule has 0 aliphatic heterocycles. The summed E-state index contributed by atoms with van der Waals surface area (Å²) in [6.07, 6.45) is 0.157. The number of nitrogens with one attached hydrogen (secondary N) is 1. The summed E-state index contributed by atoms with van der Waals surface area (Å²) in [5.74, 6) is 0.502. The molecule has 0 spiro atoms. The zero-order chi connectivity index (χ0) is 8.15. The van der Waals surface area contributed by atoms with Gasteiger partial charge in [-0.2, -0.15) is 0 Å². The Balaban J connectivity index is 3.73. The normalized spacial score (nSPS) is 14.7. The molecule has 0 amide bonds. The minimum atomic E-state index is 0.157. The van der Waals surface area contributed by atoms with Gasteiger partial charge in [0.2, 0.25) is 0 Å². The molecule has 0 aromatic rings. The maximum atomic E-state index is 5.24. The van der Waals surface area contributed by atoms with E-state index >= 15 is 0 Å². The maximum absolute atomic E-state index is 5.24. The average Bonchev–Trinajstić information content (AvgIpc) is 1.81. The molecule has 62 valence electrons. The van der Waals surface area contributed by atoms with E-state index in [1.165, 1.54) is 0 Å². The molecular formula is C7H18N2O. The fourth-order valence-corrected chi connectivity index (χ4v) is 0.959. The van der Waals surface area contributed by atoms with Crippen molar-refractivity contribution in [1.82, 2.24) is 10.4 Å². The van der Waals surface area contributed by atoms with Gasteiger partial charge in [-0.05, 0) is 20.0 Å². The van der Waals surface area contributed by atoms with Crippen LogP contribution < -0.4 is 5.48 Å². The van der Waals surface area contributed by atoms with Gasteiger partial charge in [-0.3, -0.25) is 9.74 Å². The summed E-state index contributed by atoms with van der Waals surface area (Å²) in [4.78, 5) is 7.28. The van der Waals surface area contributed by atoms with Crippen molar-refractivity contribution in [2.45, 2.75) is 20.1 Å². The smallest absolute Gasteiger partial charge is 0.133 e. The van der Waals surface area contributed by atoms with Crippen molar-refractivity contribution in [2.75, 3.05) is 21.1 Å². The fourth-order valence-electron chi connectivity index (χ4n) is 0.959. The second-order valence-electron chi connectivity index (χ2n) is 2.92. The topological polar surface area (TPSA) is 24.5 Å². The maximum Gasteiger partial charge on any atom is 0.133 e. The third-order valence-electron chi connectivity index (χ3n) is 1.32. The van der Waals surface area contributed by atoms with Crippen LogP contribution in [0.1, 0.15) is 13.8 Å². The molecule has 10 heavy (non-hydrogen) atoms. The van der Waals surface area contributed by atoms with Crippen molar-refractivity contribution < 1.29 is 4.84 Å². The van der Waals surface area contributed by atoms with E-state index in [-0.39, 0.29) is 6.23 Å². The predicted octanol–water partition coefficient (Wildman–Crippen LogP) is 0.681. The highest BCUT2D eigenvalue weighted by Gasteiger charge is 2.15. The Kier molecular flexibility index (Phi) is 4.60. The van der Waals surface area contributed by atoms with Gasteiger partial charge in [-0.1, -0.05) is 13.8 Å². The summed E-state index contributed by atoms with van der Waals surface area (Å²) in [5.41, 5.74) is 2.69. The Morgan fingerprint density at radius 3 is 1.90 bits per heavy atom. The first-order valence-corrected chi connectivity index (χ1v) is 3.58. The summed E-state index contributed by atoms with van der Waals surface area (Å²) in [5, 5.41) is 0. The summed E-state index contributed by atoms with van der Waals surface area (Å²) in [6.45, 7) is 4.25. The van der Waals surface area contributed by atoms with Gasteiger partial charge in [0.25, 0.3) is 0 Å². The number of nitrogens with zero attached hydrogens (tertiary/aromatic N) is 1. The highest BCUT2D eigenvalue weighted by Crippen LogP contribution is 2.06. The van der Waals surface area contributed by atoms with Gasteiger partial charge in [-0.15, -0.1) is 0 Å². The van der Waals surface area contributed by atoms with Crippen molar-refractivity contribution in [1.29, 1.82) is 0 Å². The van der Waals surface area contributed by atoms with Crippen LogP contribution in [0.2, 0.25) is 0 Å². The Bertz CT molecular complexity index is 75.7.